The lowest BCUT2D eigenvalue weighted by molar-refractivity contribution is 0.0796. The summed E-state index contributed by atoms with van der Waals surface area (Å²) in [6.07, 6.45) is 5.18. The first-order valence-corrected chi connectivity index (χ1v) is 5.11. The number of rotatable bonds is 4. The van der Waals surface area contributed by atoms with Gasteiger partial charge in [-0.3, -0.25) is 4.79 Å². The maximum atomic E-state index is 12.1. The standard InChI is InChI=1S/C13H13N3O/c1-3-9-16(10-8-14)13(17)11-6-4-5-7-12(11)15-2/h1,4-7,15H,9-10H2,2H3. The minimum absolute atomic E-state index is 0.0128. The van der Waals surface area contributed by atoms with Crippen molar-refractivity contribution in [2.45, 2.75) is 0 Å². The summed E-state index contributed by atoms with van der Waals surface area (Å²) in [5.41, 5.74) is 1.23. The molecule has 0 radical (unpaired) electrons. The van der Waals surface area contributed by atoms with Crippen LogP contribution in [0, 0.1) is 23.7 Å². The molecule has 0 fully saturated rings. The molecule has 0 heterocycles. The van der Waals surface area contributed by atoms with Crippen molar-refractivity contribution < 1.29 is 4.79 Å². The van der Waals surface area contributed by atoms with Crippen molar-refractivity contribution in [1.82, 2.24) is 4.90 Å². The summed E-state index contributed by atoms with van der Waals surface area (Å²) in [4.78, 5) is 13.5. The SMILES string of the molecule is C#CCN(CC#N)C(=O)c1ccccc1NC. The van der Waals surface area contributed by atoms with Gasteiger partial charge < -0.3 is 10.2 Å². The first-order chi connectivity index (χ1) is 8.24. The van der Waals surface area contributed by atoms with E-state index in [-0.39, 0.29) is 19.0 Å². The van der Waals surface area contributed by atoms with Gasteiger partial charge >= 0.3 is 0 Å². The number of nitriles is 1. The molecule has 0 spiro atoms. The van der Waals surface area contributed by atoms with E-state index in [1.807, 2.05) is 12.1 Å². The van der Waals surface area contributed by atoms with Crippen molar-refractivity contribution in [2.75, 3.05) is 25.5 Å². The highest BCUT2D eigenvalue weighted by Gasteiger charge is 2.16. The minimum Gasteiger partial charge on any atom is -0.387 e. The third kappa shape index (κ3) is 2.99. The normalized spacial score (nSPS) is 8.88. The predicted molar refractivity (Wildman–Crippen MR) is 66.3 cm³/mol. The molecule has 1 rings (SSSR count). The Morgan fingerprint density at radius 3 is 2.76 bits per heavy atom. The number of hydrogen-bond donors (Lipinski definition) is 1. The molecule has 1 N–H and O–H groups in total. The number of benzene rings is 1. The van der Waals surface area contributed by atoms with Gasteiger partial charge in [-0.05, 0) is 12.1 Å². The molecule has 1 amide bonds. The molecular formula is C13H13N3O. The average molecular weight is 227 g/mol. The number of amides is 1. The predicted octanol–water partition coefficient (Wildman–Crippen LogP) is 1.33. The molecule has 0 unspecified atom stereocenters. The van der Waals surface area contributed by atoms with Gasteiger partial charge in [-0.25, -0.2) is 0 Å². The molecule has 4 heteroatoms. The van der Waals surface area contributed by atoms with Crippen molar-refractivity contribution in [1.29, 1.82) is 5.26 Å². The van der Waals surface area contributed by atoms with Crippen LogP contribution in [0.25, 0.3) is 0 Å². The van der Waals surface area contributed by atoms with Gasteiger partial charge in [0.2, 0.25) is 0 Å². The summed E-state index contributed by atoms with van der Waals surface area (Å²) in [5, 5.41) is 11.6. The Kier molecular flexibility index (Phi) is 4.59. The number of para-hydroxylation sites is 1. The first kappa shape index (κ1) is 12.6. The van der Waals surface area contributed by atoms with E-state index < -0.39 is 0 Å². The van der Waals surface area contributed by atoms with E-state index in [1.165, 1.54) is 4.90 Å². The van der Waals surface area contributed by atoms with Crippen LogP contribution in [0.2, 0.25) is 0 Å². The van der Waals surface area contributed by atoms with Crippen LogP contribution >= 0.6 is 0 Å². The molecule has 0 saturated carbocycles. The topological polar surface area (TPSA) is 56.1 Å². The first-order valence-electron chi connectivity index (χ1n) is 5.11. The zero-order valence-corrected chi connectivity index (χ0v) is 9.60. The van der Waals surface area contributed by atoms with Gasteiger partial charge in [0, 0.05) is 12.7 Å². The summed E-state index contributed by atoms with van der Waals surface area (Å²) < 4.78 is 0. The van der Waals surface area contributed by atoms with Crippen LogP contribution in [0.3, 0.4) is 0 Å². The van der Waals surface area contributed by atoms with Crippen molar-refractivity contribution in [3.63, 3.8) is 0 Å². The Labute approximate surface area is 101 Å². The van der Waals surface area contributed by atoms with Crippen LogP contribution in [-0.4, -0.2) is 30.9 Å². The molecule has 1 aromatic rings. The van der Waals surface area contributed by atoms with Crippen LogP contribution in [0.1, 0.15) is 10.4 Å². The number of terminal acetylenes is 1. The van der Waals surface area contributed by atoms with Crippen LogP contribution in [0.15, 0.2) is 24.3 Å². The molecule has 0 saturated heterocycles. The Morgan fingerprint density at radius 2 is 2.18 bits per heavy atom. The van der Waals surface area contributed by atoms with Crippen molar-refractivity contribution in [3.05, 3.63) is 29.8 Å². The highest BCUT2D eigenvalue weighted by Crippen LogP contribution is 2.16. The average Bonchev–Trinajstić information content (AvgIpc) is 2.37. The van der Waals surface area contributed by atoms with Crippen LogP contribution < -0.4 is 5.32 Å². The van der Waals surface area contributed by atoms with E-state index in [9.17, 15) is 4.79 Å². The van der Waals surface area contributed by atoms with Gasteiger partial charge in [-0.1, -0.05) is 18.1 Å². The third-order valence-corrected chi connectivity index (χ3v) is 2.26. The van der Waals surface area contributed by atoms with Gasteiger partial charge in [0.05, 0.1) is 18.2 Å². The van der Waals surface area contributed by atoms with Gasteiger partial charge in [-0.15, -0.1) is 6.42 Å². The summed E-state index contributed by atoms with van der Waals surface area (Å²) in [5.74, 6) is 2.13. The van der Waals surface area contributed by atoms with E-state index in [1.54, 1.807) is 25.2 Å². The van der Waals surface area contributed by atoms with Crippen LogP contribution in [0.5, 0.6) is 0 Å². The van der Waals surface area contributed by atoms with Crippen molar-refractivity contribution >= 4 is 11.6 Å². The number of nitrogens with one attached hydrogen (secondary N) is 1. The van der Waals surface area contributed by atoms with Crippen molar-refractivity contribution in [3.8, 4) is 18.4 Å². The van der Waals surface area contributed by atoms with E-state index >= 15 is 0 Å². The lowest BCUT2D eigenvalue weighted by atomic mass is 10.1. The Bertz CT molecular complexity index is 466. The second-order valence-corrected chi connectivity index (χ2v) is 3.32. The molecule has 86 valence electrons. The molecule has 0 bridgehead atoms. The number of carbonyl (C=O) groups is 1. The molecule has 17 heavy (non-hydrogen) atoms. The fourth-order valence-corrected chi connectivity index (χ4v) is 1.45. The molecule has 4 nitrogen and oxygen atoms in total. The third-order valence-electron chi connectivity index (χ3n) is 2.26. The van der Waals surface area contributed by atoms with Gasteiger partial charge in [-0.2, -0.15) is 5.26 Å². The molecule has 0 aliphatic rings. The fourth-order valence-electron chi connectivity index (χ4n) is 1.45. The lowest BCUT2D eigenvalue weighted by Gasteiger charge is -2.18. The van der Waals surface area contributed by atoms with Crippen LogP contribution in [-0.2, 0) is 0 Å². The second-order valence-electron chi connectivity index (χ2n) is 3.32. The summed E-state index contributed by atoms with van der Waals surface area (Å²) in [6, 6.07) is 9.04. The number of hydrogen-bond acceptors (Lipinski definition) is 3. The lowest BCUT2D eigenvalue weighted by Crippen LogP contribution is -2.32. The quantitative estimate of drug-likeness (QED) is 0.623. The second kappa shape index (κ2) is 6.19. The van der Waals surface area contributed by atoms with Gasteiger partial charge in [0.1, 0.15) is 6.54 Å². The Hall–Kier alpha value is -2.46. The van der Waals surface area contributed by atoms with E-state index in [0.29, 0.717) is 5.56 Å². The monoisotopic (exact) mass is 227 g/mol. The van der Waals surface area contributed by atoms with E-state index in [0.717, 1.165) is 5.69 Å². The highest BCUT2D eigenvalue weighted by molar-refractivity contribution is 5.99. The molecule has 0 aromatic heterocycles. The van der Waals surface area contributed by atoms with Crippen molar-refractivity contribution in [2.24, 2.45) is 0 Å². The number of anilines is 1. The van der Waals surface area contributed by atoms with Crippen LogP contribution in [0.4, 0.5) is 5.69 Å². The number of nitrogens with zero attached hydrogens (tertiary/aromatic N) is 2. The van der Waals surface area contributed by atoms with E-state index in [2.05, 4.69) is 11.2 Å². The molecule has 1 aromatic carbocycles. The molecule has 0 atom stereocenters. The maximum absolute atomic E-state index is 12.1. The zero-order chi connectivity index (χ0) is 12.7. The largest absolute Gasteiger partial charge is 0.387 e. The summed E-state index contributed by atoms with van der Waals surface area (Å²) in [7, 11) is 1.74. The molecule has 0 aliphatic carbocycles. The molecular weight excluding hydrogens is 214 g/mol. The van der Waals surface area contributed by atoms with E-state index in [4.69, 9.17) is 11.7 Å². The Balaban J connectivity index is 3.02. The highest BCUT2D eigenvalue weighted by atomic mass is 16.2. The Morgan fingerprint density at radius 1 is 1.47 bits per heavy atom. The van der Waals surface area contributed by atoms with Gasteiger partial charge in [0.15, 0.2) is 0 Å². The number of carbonyl (C=O) groups excluding carboxylic acids is 1. The zero-order valence-electron chi connectivity index (χ0n) is 9.60. The van der Waals surface area contributed by atoms with Gasteiger partial charge in [0.25, 0.3) is 5.91 Å². The summed E-state index contributed by atoms with van der Waals surface area (Å²) in [6.45, 7) is 0.117. The molecule has 0 aliphatic heterocycles. The smallest absolute Gasteiger partial charge is 0.257 e. The minimum atomic E-state index is -0.241. The maximum Gasteiger partial charge on any atom is 0.257 e. The summed E-state index contributed by atoms with van der Waals surface area (Å²) >= 11 is 0. The fraction of sp³-hybridized carbons (Fsp3) is 0.231.